The quantitative estimate of drug-likeness (QED) is 0.765. The smallest absolute Gasteiger partial charge is 0.225 e. The highest BCUT2D eigenvalue weighted by atomic mass is 19.1. The molecule has 2 rings (SSSR count). The molecule has 22 heavy (non-hydrogen) atoms. The molecule has 1 aromatic heterocycles. The van der Waals surface area contributed by atoms with Crippen molar-refractivity contribution < 1.29 is 9.50 Å². The van der Waals surface area contributed by atoms with Crippen molar-refractivity contribution in [3.8, 4) is 0 Å². The van der Waals surface area contributed by atoms with E-state index in [0.29, 0.717) is 5.92 Å². The fraction of sp³-hybridized carbons (Fsp3) is 0.375. The summed E-state index contributed by atoms with van der Waals surface area (Å²) in [5.74, 6) is 0.310. The molecule has 1 heterocycles. The molecule has 2 aromatic rings. The molecule has 0 aliphatic heterocycles. The lowest BCUT2D eigenvalue weighted by atomic mass is 9.99. The molecule has 118 valence electrons. The standard InChI is InChI=1S/C16H21FN4O/c1-10(2)11-4-6-12(7-5-11)14(9-22)20-16-19-8-13(17)15(18-3)21-16/h4-8,10,14,22H,9H2,1-3H3,(H2,18,19,20,21). The number of aliphatic hydroxyl groups is 1. The van der Waals surface area contributed by atoms with Crippen LogP contribution >= 0.6 is 0 Å². The van der Waals surface area contributed by atoms with Gasteiger partial charge >= 0.3 is 0 Å². The van der Waals surface area contributed by atoms with Gasteiger partial charge in [0, 0.05) is 7.05 Å². The molecule has 1 unspecified atom stereocenters. The van der Waals surface area contributed by atoms with Crippen molar-refractivity contribution in [2.75, 3.05) is 24.3 Å². The molecule has 0 spiro atoms. The first-order valence-electron chi connectivity index (χ1n) is 7.22. The van der Waals surface area contributed by atoms with Gasteiger partial charge in [0.15, 0.2) is 11.6 Å². The summed E-state index contributed by atoms with van der Waals surface area (Å²) < 4.78 is 13.4. The largest absolute Gasteiger partial charge is 0.394 e. The van der Waals surface area contributed by atoms with Gasteiger partial charge in [-0.1, -0.05) is 38.1 Å². The molecule has 0 amide bonds. The topological polar surface area (TPSA) is 70.1 Å². The van der Waals surface area contributed by atoms with E-state index in [9.17, 15) is 9.50 Å². The Morgan fingerprint density at radius 3 is 2.36 bits per heavy atom. The van der Waals surface area contributed by atoms with Crippen molar-refractivity contribution in [2.24, 2.45) is 0 Å². The summed E-state index contributed by atoms with van der Waals surface area (Å²) in [5, 5.41) is 15.3. The fourth-order valence-electron chi connectivity index (χ4n) is 2.12. The first-order chi connectivity index (χ1) is 10.5. The second-order valence-electron chi connectivity index (χ2n) is 5.34. The van der Waals surface area contributed by atoms with E-state index in [1.807, 2.05) is 24.3 Å². The molecule has 3 N–H and O–H groups in total. The Kier molecular flexibility index (Phi) is 5.27. The molecular weight excluding hydrogens is 283 g/mol. The minimum atomic E-state index is -0.519. The number of nitrogens with one attached hydrogen (secondary N) is 2. The van der Waals surface area contributed by atoms with Gasteiger partial charge in [-0.15, -0.1) is 0 Å². The summed E-state index contributed by atoms with van der Waals surface area (Å²) in [6, 6.07) is 7.65. The van der Waals surface area contributed by atoms with E-state index in [-0.39, 0.29) is 24.4 Å². The van der Waals surface area contributed by atoms with Crippen molar-refractivity contribution >= 4 is 11.8 Å². The number of anilines is 2. The molecule has 0 fully saturated rings. The highest BCUT2D eigenvalue weighted by Gasteiger charge is 2.13. The Balaban J connectivity index is 2.18. The lowest BCUT2D eigenvalue weighted by Crippen LogP contribution is -2.17. The molecular formula is C16H21FN4O. The van der Waals surface area contributed by atoms with Crippen LogP contribution in [-0.4, -0.2) is 28.7 Å². The van der Waals surface area contributed by atoms with E-state index in [1.165, 1.54) is 5.56 Å². The maximum atomic E-state index is 13.4. The number of halogens is 1. The summed E-state index contributed by atoms with van der Waals surface area (Å²) in [6.45, 7) is 4.14. The highest BCUT2D eigenvalue weighted by Crippen LogP contribution is 2.21. The van der Waals surface area contributed by atoms with E-state index >= 15 is 0 Å². The third kappa shape index (κ3) is 3.71. The molecule has 1 atom stereocenters. The van der Waals surface area contributed by atoms with Crippen LogP contribution in [-0.2, 0) is 0 Å². The first-order valence-corrected chi connectivity index (χ1v) is 7.22. The molecule has 5 nitrogen and oxygen atoms in total. The Labute approximate surface area is 129 Å². The Morgan fingerprint density at radius 2 is 1.82 bits per heavy atom. The molecule has 0 bridgehead atoms. The average molecular weight is 304 g/mol. The fourth-order valence-corrected chi connectivity index (χ4v) is 2.12. The van der Waals surface area contributed by atoms with Gasteiger partial charge in [0.2, 0.25) is 5.95 Å². The zero-order chi connectivity index (χ0) is 16.1. The number of nitrogens with zero attached hydrogens (tertiary/aromatic N) is 2. The Morgan fingerprint density at radius 1 is 1.18 bits per heavy atom. The van der Waals surface area contributed by atoms with Crippen molar-refractivity contribution in [1.82, 2.24) is 9.97 Å². The highest BCUT2D eigenvalue weighted by molar-refractivity contribution is 5.42. The SMILES string of the molecule is CNc1nc(NC(CO)c2ccc(C(C)C)cc2)ncc1F. The third-order valence-electron chi connectivity index (χ3n) is 3.47. The first kappa shape index (κ1) is 16.2. The number of aliphatic hydroxyl groups excluding tert-OH is 1. The van der Waals surface area contributed by atoms with Crippen molar-refractivity contribution in [2.45, 2.75) is 25.8 Å². The van der Waals surface area contributed by atoms with Crippen molar-refractivity contribution in [3.63, 3.8) is 0 Å². The second-order valence-corrected chi connectivity index (χ2v) is 5.34. The van der Waals surface area contributed by atoms with Gasteiger partial charge in [-0.3, -0.25) is 0 Å². The van der Waals surface area contributed by atoms with Crippen LogP contribution in [0, 0.1) is 5.82 Å². The van der Waals surface area contributed by atoms with E-state index in [1.54, 1.807) is 7.05 Å². The average Bonchev–Trinajstić information content (AvgIpc) is 2.54. The monoisotopic (exact) mass is 304 g/mol. The van der Waals surface area contributed by atoms with Gasteiger partial charge in [0.25, 0.3) is 0 Å². The lowest BCUT2D eigenvalue weighted by Gasteiger charge is -2.18. The van der Waals surface area contributed by atoms with Crippen LogP contribution in [0.5, 0.6) is 0 Å². The minimum absolute atomic E-state index is 0.114. The lowest BCUT2D eigenvalue weighted by molar-refractivity contribution is 0.276. The molecule has 6 heteroatoms. The van der Waals surface area contributed by atoms with Gasteiger partial charge < -0.3 is 15.7 Å². The zero-order valence-corrected chi connectivity index (χ0v) is 13.0. The molecule has 0 aliphatic carbocycles. The van der Waals surface area contributed by atoms with Crippen LogP contribution in [0.2, 0.25) is 0 Å². The normalized spacial score (nSPS) is 12.3. The van der Waals surface area contributed by atoms with Crippen molar-refractivity contribution in [3.05, 3.63) is 47.4 Å². The van der Waals surface area contributed by atoms with Crippen LogP contribution < -0.4 is 10.6 Å². The van der Waals surface area contributed by atoms with Gasteiger partial charge in [-0.2, -0.15) is 4.98 Å². The minimum Gasteiger partial charge on any atom is -0.394 e. The molecule has 0 radical (unpaired) electrons. The summed E-state index contributed by atoms with van der Waals surface area (Å²) >= 11 is 0. The van der Waals surface area contributed by atoms with Gasteiger partial charge in [0.1, 0.15) is 0 Å². The van der Waals surface area contributed by atoms with Gasteiger partial charge in [0.05, 0.1) is 18.8 Å². The Hall–Kier alpha value is -2.21. The third-order valence-corrected chi connectivity index (χ3v) is 3.47. The van der Waals surface area contributed by atoms with Crippen LogP contribution in [0.3, 0.4) is 0 Å². The molecule has 1 aromatic carbocycles. The van der Waals surface area contributed by atoms with Crippen LogP contribution in [0.1, 0.15) is 36.9 Å². The number of rotatable bonds is 6. The molecule has 0 saturated carbocycles. The Bertz CT molecular complexity index is 616. The van der Waals surface area contributed by atoms with Gasteiger partial charge in [-0.25, -0.2) is 9.37 Å². The predicted molar refractivity (Wildman–Crippen MR) is 85.5 cm³/mol. The van der Waals surface area contributed by atoms with E-state index in [2.05, 4.69) is 34.4 Å². The van der Waals surface area contributed by atoms with E-state index < -0.39 is 5.82 Å². The number of hydrogen-bond acceptors (Lipinski definition) is 5. The maximum Gasteiger partial charge on any atom is 0.225 e. The summed E-state index contributed by atoms with van der Waals surface area (Å²) in [6.07, 6.45) is 1.09. The van der Waals surface area contributed by atoms with E-state index in [0.717, 1.165) is 11.8 Å². The summed E-state index contributed by atoms with van der Waals surface area (Å²) in [5.41, 5.74) is 2.15. The molecule has 0 aliphatic rings. The van der Waals surface area contributed by atoms with Gasteiger partial charge in [-0.05, 0) is 17.0 Å². The van der Waals surface area contributed by atoms with Crippen molar-refractivity contribution in [1.29, 1.82) is 0 Å². The summed E-state index contributed by atoms with van der Waals surface area (Å²) in [4.78, 5) is 7.93. The van der Waals surface area contributed by atoms with Crippen LogP contribution in [0.15, 0.2) is 30.5 Å². The molecule has 0 saturated heterocycles. The van der Waals surface area contributed by atoms with Crippen LogP contribution in [0.25, 0.3) is 0 Å². The zero-order valence-electron chi connectivity index (χ0n) is 13.0. The maximum absolute atomic E-state index is 13.4. The van der Waals surface area contributed by atoms with Crippen LogP contribution in [0.4, 0.5) is 16.2 Å². The summed E-state index contributed by atoms with van der Waals surface area (Å²) in [7, 11) is 1.59. The van der Waals surface area contributed by atoms with E-state index in [4.69, 9.17) is 0 Å². The number of benzene rings is 1. The second kappa shape index (κ2) is 7.17. The predicted octanol–water partition coefficient (Wildman–Crippen LogP) is 2.93. The number of hydrogen-bond donors (Lipinski definition) is 3. The number of aromatic nitrogens is 2.